The summed E-state index contributed by atoms with van der Waals surface area (Å²) >= 11 is 0. The molecule has 0 bridgehead atoms. The lowest BCUT2D eigenvalue weighted by molar-refractivity contribution is 0.368. The van der Waals surface area contributed by atoms with Crippen LogP contribution in [-0.2, 0) is 19.4 Å². The molecule has 1 heterocycles. The van der Waals surface area contributed by atoms with Crippen LogP contribution in [0.15, 0.2) is 0 Å². The molecule has 0 aliphatic heterocycles. The molecule has 0 spiro atoms. The summed E-state index contributed by atoms with van der Waals surface area (Å²) in [6.45, 7) is 9.26. The van der Waals surface area contributed by atoms with E-state index in [9.17, 15) is 5.11 Å². The van der Waals surface area contributed by atoms with Gasteiger partial charge in [0, 0.05) is 12.1 Å². The number of aryl methyl sites for hydroxylation is 1. The van der Waals surface area contributed by atoms with E-state index in [1.165, 1.54) is 0 Å². The summed E-state index contributed by atoms with van der Waals surface area (Å²) in [5.74, 6) is 0.879. The highest BCUT2D eigenvalue weighted by molar-refractivity contribution is 5.30. The molecule has 3 heteroatoms. The predicted octanol–water partition coefficient (Wildman–Crippen LogP) is 2.76. The predicted molar refractivity (Wildman–Crippen MR) is 62.1 cm³/mol. The van der Waals surface area contributed by atoms with Crippen molar-refractivity contribution in [3.63, 3.8) is 0 Å². The smallest absolute Gasteiger partial charge is 0.212 e. The highest BCUT2D eigenvalue weighted by Crippen LogP contribution is 2.23. The molecule has 0 aromatic carbocycles. The minimum absolute atomic E-state index is 0.370. The van der Waals surface area contributed by atoms with Crippen LogP contribution in [0.3, 0.4) is 0 Å². The zero-order valence-corrected chi connectivity index (χ0v) is 10.2. The maximum atomic E-state index is 9.99. The van der Waals surface area contributed by atoms with Crippen molar-refractivity contribution in [3.05, 3.63) is 11.3 Å². The van der Waals surface area contributed by atoms with Crippen molar-refractivity contribution in [2.45, 2.75) is 53.5 Å². The van der Waals surface area contributed by atoms with Gasteiger partial charge in [-0.2, -0.15) is 5.10 Å². The average molecular weight is 210 g/mol. The number of hydrogen-bond donors (Lipinski definition) is 1. The SMILES string of the molecule is CCCc1nn(CC(C)C)c(O)c1CC. The lowest BCUT2D eigenvalue weighted by Gasteiger charge is -2.05. The maximum absolute atomic E-state index is 9.99. The Balaban J connectivity index is 2.98. The molecule has 1 aromatic heterocycles. The summed E-state index contributed by atoms with van der Waals surface area (Å²) in [7, 11) is 0. The van der Waals surface area contributed by atoms with Gasteiger partial charge < -0.3 is 5.11 Å². The second-order valence-electron chi connectivity index (χ2n) is 4.43. The normalized spacial score (nSPS) is 11.3. The number of rotatable bonds is 5. The van der Waals surface area contributed by atoms with E-state index in [0.717, 1.165) is 37.1 Å². The van der Waals surface area contributed by atoms with E-state index in [2.05, 4.69) is 32.8 Å². The fourth-order valence-corrected chi connectivity index (χ4v) is 1.81. The molecular weight excluding hydrogens is 188 g/mol. The zero-order valence-electron chi connectivity index (χ0n) is 10.2. The second-order valence-corrected chi connectivity index (χ2v) is 4.43. The van der Waals surface area contributed by atoms with Crippen LogP contribution in [0.2, 0.25) is 0 Å². The van der Waals surface area contributed by atoms with E-state index < -0.39 is 0 Å². The first-order chi connectivity index (χ1) is 7.10. The lowest BCUT2D eigenvalue weighted by atomic mass is 10.1. The number of nitrogens with zero attached hydrogens (tertiary/aromatic N) is 2. The Labute approximate surface area is 92.1 Å². The van der Waals surface area contributed by atoms with Crippen LogP contribution in [0.1, 0.15) is 45.4 Å². The van der Waals surface area contributed by atoms with Crippen LogP contribution in [-0.4, -0.2) is 14.9 Å². The van der Waals surface area contributed by atoms with Crippen LogP contribution in [0.25, 0.3) is 0 Å². The van der Waals surface area contributed by atoms with E-state index in [1.807, 2.05) is 0 Å². The van der Waals surface area contributed by atoms with E-state index in [1.54, 1.807) is 4.68 Å². The van der Waals surface area contributed by atoms with Gasteiger partial charge in [0.15, 0.2) is 0 Å². The van der Waals surface area contributed by atoms with Gasteiger partial charge in [0.1, 0.15) is 0 Å². The summed E-state index contributed by atoms with van der Waals surface area (Å²) in [6.07, 6.45) is 2.90. The van der Waals surface area contributed by atoms with Gasteiger partial charge in [-0.25, -0.2) is 4.68 Å². The molecule has 0 aliphatic carbocycles. The van der Waals surface area contributed by atoms with Crippen molar-refractivity contribution in [1.29, 1.82) is 0 Å². The molecule has 86 valence electrons. The lowest BCUT2D eigenvalue weighted by Crippen LogP contribution is -2.05. The fraction of sp³-hybridized carbons (Fsp3) is 0.750. The molecule has 3 nitrogen and oxygen atoms in total. The Hall–Kier alpha value is -0.990. The number of hydrogen-bond acceptors (Lipinski definition) is 2. The van der Waals surface area contributed by atoms with Gasteiger partial charge in [-0.3, -0.25) is 0 Å². The largest absolute Gasteiger partial charge is 0.493 e. The molecular formula is C12H22N2O. The molecule has 0 saturated heterocycles. The average Bonchev–Trinajstić information content (AvgIpc) is 2.43. The van der Waals surface area contributed by atoms with Crippen LogP contribution >= 0.6 is 0 Å². The van der Waals surface area contributed by atoms with E-state index in [0.29, 0.717) is 11.8 Å². The number of aromatic hydroxyl groups is 1. The fourth-order valence-electron chi connectivity index (χ4n) is 1.81. The van der Waals surface area contributed by atoms with Crippen molar-refractivity contribution >= 4 is 0 Å². The van der Waals surface area contributed by atoms with E-state index in [4.69, 9.17) is 0 Å². The molecule has 0 fully saturated rings. The Kier molecular flexibility index (Phi) is 4.18. The Morgan fingerprint density at radius 3 is 2.47 bits per heavy atom. The van der Waals surface area contributed by atoms with Gasteiger partial charge in [0.2, 0.25) is 5.88 Å². The molecule has 0 saturated carbocycles. The molecule has 0 radical (unpaired) electrons. The molecule has 1 rings (SSSR count). The Bertz CT molecular complexity index is 316. The van der Waals surface area contributed by atoms with E-state index >= 15 is 0 Å². The van der Waals surface area contributed by atoms with Crippen molar-refractivity contribution in [2.24, 2.45) is 5.92 Å². The van der Waals surface area contributed by atoms with Crippen LogP contribution < -0.4 is 0 Å². The molecule has 1 N–H and O–H groups in total. The van der Waals surface area contributed by atoms with Crippen molar-refractivity contribution in [3.8, 4) is 5.88 Å². The quantitative estimate of drug-likeness (QED) is 0.811. The summed E-state index contributed by atoms with van der Waals surface area (Å²) in [5.41, 5.74) is 2.09. The highest BCUT2D eigenvalue weighted by atomic mass is 16.3. The molecule has 0 amide bonds. The Morgan fingerprint density at radius 1 is 1.33 bits per heavy atom. The third-order valence-corrected chi connectivity index (χ3v) is 2.48. The Morgan fingerprint density at radius 2 is 2.00 bits per heavy atom. The molecule has 0 unspecified atom stereocenters. The topological polar surface area (TPSA) is 38.0 Å². The minimum atomic E-state index is 0.370. The summed E-state index contributed by atoms with van der Waals surface area (Å²) in [4.78, 5) is 0. The number of aromatic nitrogens is 2. The van der Waals surface area contributed by atoms with Crippen molar-refractivity contribution in [1.82, 2.24) is 9.78 Å². The maximum Gasteiger partial charge on any atom is 0.212 e. The van der Waals surface area contributed by atoms with Crippen molar-refractivity contribution in [2.75, 3.05) is 0 Å². The highest BCUT2D eigenvalue weighted by Gasteiger charge is 2.15. The summed E-state index contributed by atoms with van der Waals surface area (Å²) < 4.78 is 1.74. The zero-order chi connectivity index (χ0) is 11.4. The summed E-state index contributed by atoms with van der Waals surface area (Å²) in [5, 5.41) is 14.5. The van der Waals surface area contributed by atoms with Gasteiger partial charge in [-0.15, -0.1) is 0 Å². The first-order valence-corrected chi connectivity index (χ1v) is 5.87. The molecule has 15 heavy (non-hydrogen) atoms. The first-order valence-electron chi connectivity index (χ1n) is 5.87. The molecule has 1 aromatic rings. The minimum Gasteiger partial charge on any atom is -0.493 e. The van der Waals surface area contributed by atoms with Crippen LogP contribution in [0.4, 0.5) is 0 Å². The van der Waals surface area contributed by atoms with Crippen LogP contribution in [0, 0.1) is 5.92 Å². The molecule has 0 atom stereocenters. The second kappa shape index (κ2) is 5.19. The standard InChI is InChI=1S/C12H22N2O/c1-5-7-11-10(6-2)12(15)14(13-11)8-9(3)4/h9,15H,5-8H2,1-4H3. The van der Waals surface area contributed by atoms with Crippen molar-refractivity contribution < 1.29 is 5.11 Å². The van der Waals surface area contributed by atoms with Gasteiger partial charge in [0.25, 0.3) is 0 Å². The van der Waals surface area contributed by atoms with E-state index in [-0.39, 0.29) is 0 Å². The van der Waals surface area contributed by atoms with Gasteiger partial charge >= 0.3 is 0 Å². The third-order valence-electron chi connectivity index (χ3n) is 2.48. The van der Waals surface area contributed by atoms with Gasteiger partial charge in [-0.05, 0) is 18.8 Å². The summed E-state index contributed by atoms with van der Waals surface area (Å²) in [6, 6.07) is 0. The van der Waals surface area contributed by atoms with Crippen LogP contribution in [0.5, 0.6) is 5.88 Å². The molecule has 0 aliphatic rings. The van der Waals surface area contributed by atoms with Gasteiger partial charge in [-0.1, -0.05) is 34.1 Å². The first kappa shape index (κ1) is 12.1. The monoisotopic (exact) mass is 210 g/mol. The van der Waals surface area contributed by atoms with Gasteiger partial charge in [0.05, 0.1) is 5.69 Å². The third kappa shape index (κ3) is 2.74.